The van der Waals surface area contributed by atoms with Gasteiger partial charge in [-0.25, -0.2) is 0 Å². The van der Waals surface area contributed by atoms with E-state index in [2.05, 4.69) is 0 Å². The highest BCUT2D eigenvalue weighted by molar-refractivity contribution is 6.18. The molecular weight excluding hydrogens is 214 g/mol. The zero-order chi connectivity index (χ0) is 11.6. The van der Waals surface area contributed by atoms with Gasteiger partial charge >= 0.3 is 0 Å². The molecule has 0 aliphatic carbocycles. The summed E-state index contributed by atoms with van der Waals surface area (Å²) < 4.78 is 5.27. The van der Waals surface area contributed by atoms with Gasteiger partial charge in [-0.3, -0.25) is 4.79 Å². The number of furan rings is 1. The van der Waals surface area contributed by atoms with Crippen molar-refractivity contribution in [1.29, 1.82) is 0 Å². The molecule has 1 amide bonds. The zero-order valence-corrected chi connectivity index (χ0v) is 10.3. The van der Waals surface area contributed by atoms with Gasteiger partial charge in [0.1, 0.15) is 5.76 Å². The van der Waals surface area contributed by atoms with Crippen LogP contribution in [0, 0.1) is 6.92 Å². The van der Waals surface area contributed by atoms with Gasteiger partial charge in [0.05, 0.1) is 5.54 Å². The SMILES string of the molecule is Cc1ccc(C(=O)N(C)C(C)(C)CCl)o1. The Hall–Kier alpha value is -0.960. The third-order valence-electron chi connectivity index (χ3n) is 2.49. The van der Waals surface area contributed by atoms with Gasteiger partial charge in [0.2, 0.25) is 0 Å². The van der Waals surface area contributed by atoms with Gasteiger partial charge in [0.25, 0.3) is 5.91 Å². The molecule has 0 unspecified atom stereocenters. The number of carbonyl (C=O) groups excluding carboxylic acids is 1. The van der Waals surface area contributed by atoms with Crippen LogP contribution < -0.4 is 0 Å². The summed E-state index contributed by atoms with van der Waals surface area (Å²) in [5.41, 5.74) is -0.376. The molecule has 1 aromatic rings. The molecule has 0 spiro atoms. The predicted molar refractivity (Wildman–Crippen MR) is 60.3 cm³/mol. The first-order chi connectivity index (χ1) is 6.88. The fourth-order valence-electron chi connectivity index (χ4n) is 1.08. The molecule has 0 aliphatic rings. The summed E-state index contributed by atoms with van der Waals surface area (Å²) in [7, 11) is 1.72. The minimum absolute atomic E-state index is 0.145. The molecule has 84 valence electrons. The van der Waals surface area contributed by atoms with E-state index in [1.165, 1.54) is 0 Å². The molecule has 0 N–H and O–H groups in total. The second kappa shape index (κ2) is 4.27. The Morgan fingerprint density at radius 3 is 2.53 bits per heavy atom. The van der Waals surface area contributed by atoms with Crippen molar-refractivity contribution in [2.24, 2.45) is 0 Å². The summed E-state index contributed by atoms with van der Waals surface area (Å²) >= 11 is 5.80. The average Bonchev–Trinajstić information content (AvgIpc) is 2.62. The number of amides is 1. The van der Waals surface area contributed by atoms with Crippen molar-refractivity contribution >= 4 is 17.5 Å². The van der Waals surface area contributed by atoms with Crippen LogP contribution in [0.3, 0.4) is 0 Å². The highest BCUT2D eigenvalue weighted by Crippen LogP contribution is 2.18. The summed E-state index contributed by atoms with van der Waals surface area (Å²) in [6.07, 6.45) is 0. The van der Waals surface area contributed by atoms with Crippen LogP contribution in [0.5, 0.6) is 0 Å². The van der Waals surface area contributed by atoms with Gasteiger partial charge in [-0.15, -0.1) is 11.6 Å². The predicted octanol–water partition coefficient (Wildman–Crippen LogP) is 2.68. The van der Waals surface area contributed by atoms with E-state index in [4.69, 9.17) is 16.0 Å². The summed E-state index contributed by atoms with van der Waals surface area (Å²) in [5, 5.41) is 0. The van der Waals surface area contributed by atoms with E-state index in [1.54, 1.807) is 24.1 Å². The molecule has 0 saturated heterocycles. The molecule has 0 atom stereocenters. The highest BCUT2D eigenvalue weighted by atomic mass is 35.5. The van der Waals surface area contributed by atoms with Crippen molar-refractivity contribution in [3.63, 3.8) is 0 Å². The quantitative estimate of drug-likeness (QED) is 0.747. The number of carbonyl (C=O) groups is 1. The molecule has 4 heteroatoms. The van der Waals surface area contributed by atoms with E-state index in [0.29, 0.717) is 11.6 Å². The van der Waals surface area contributed by atoms with Gasteiger partial charge < -0.3 is 9.32 Å². The number of aryl methyl sites for hydroxylation is 1. The molecule has 0 bridgehead atoms. The summed E-state index contributed by atoms with van der Waals surface area (Å²) in [5.74, 6) is 1.33. The van der Waals surface area contributed by atoms with Crippen molar-refractivity contribution in [3.05, 3.63) is 23.7 Å². The monoisotopic (exact) mass is 229 g/mol. The number of halogens is 1. The van der Waals surface area contributed by atoms with Crippen LogP contribution in [0.15, 0.2) is 16.5 Å². The standard InChI is InChI=1S/C11H16ClNO2/c1-8-5-6-9(15-8)10(14)13(4)11(2,3)7-12/h5-6H,7H2,1-4H3. The van der Waals surface area contributed by atoms with Crippen LogP contribution in [0.25, 0.3) is 0 Å². The Labute approximate surface area is 95.0 Å². The molecule has 3 nitrogen and oxygen atoms in total. The van der Waals surface area contributed by atoms with Gasteiger partial charge in [-0.1, -0.05) is 0 Å². The molecule has 1 rings (SSSR count). The van der Waals surface area contributed by atoms with Crippen molar-refractivity contribution < 1.29 is 9.21 Å². The molecule has 0 aliphatic heterocycles. The maximum atomic E-state index is 11.9. The summed E-state index contributed by atoms with van der Waals surface area (Å²) in [6.45, 7) is 5.63. The smallest absolute Gasteiger partial charge is 0.289 e. The van der Waals surface area contributed by atoms with E-state index in [0.717, 1.165) is 5.76 Å². The van der Waals surface area contributed by atoms with Crippen LogP contribution in [0.1, 0.15) is 30.2 Å². The molecular formula is C11H16ClNO2. The van der Waals surface area contributed by atoms with Gasteiger partial charge in [-0.2, -0.15) is 0 Å². The first-order valence-corrected chi connectivity index (χ1v) is 5.32. The third-order valence-corrected chi connectivity index (χ3v) is 3.14. The van der Waals surface area contributed by atoms with Gasteiger partial charge in [0, 0.05) is 12.9 Å². The second-order valence-corrected chi connectivity index (χ2v) is 4.49. The van der Waals surface area contributed by atoms with Crippen LogP contribution in [0.4, 0.5) is 0 Å². The minimum atomic E-state index is -0.376. The van der Waals surface area contributed by atoms with Crippen molar-refractivity contribution in [3.8, 4) is 0 Å². The lowest BCUT2D eigenvalue weighted by atomic mass is 10.1. The zero-order valence-electron chi connectivity index (χ0n) is 9.50. The summed E-state index contributed by atoms with van der Waals surface area (Å²) in [6, 6.07) is 3.45. The number of alkyl halides is 1. The Balaban J connectivity index is 2.86. The summed E-state index contributed by atoms with van der Waals surface area (Å²) in [4.78, 5) is 13.5. The van der Waals surface area contributed by atoms with Crippen LogP contribution in [-0.4, -0.2) is 29.3 Å². The Morgan fingerprint density at radius 2 is 2.13 bits per heavy atom. The number of rotatable bonds is 3. The van der Waals surface area contributed by atoms with Gasteiger partial charge in [-0.05, 0) is 32.9 Å². The normalized spacial score (nSPS) is 11.5. The van der Waals surface area contributed by atoms with Crippen LogP contribution in [0.2, 0.25) is 0 Å². The maximum Gasteiger partial charge on any atom is 0.289 e. The molecule has 0 fully saturated rings. The lowest BCUT2D eigenvalue weighted by Crippen LogP contribution is -2.46. The first kappa shape index (κ1) is 12.1. The van der Waals surface area contributed by atoms with Crippen molar-refractivity contribution in [1.82, 2.24) is 4.90 Å². The molecule has 1 aromatic heterocycles. The molecule has 15 heavy (non-hydrogen) atoms. The Bertz CT molecular complexity index is 357. The largest absolute Gasteiger partial charge is 0.456 e. The Morgan fingerprint density at radius 1 is 1.53 bits per heavy atom. The molecule has 0 aromatic carbocycles. The van der Waals surface area contributed by atoms with Crippen molar-refractivity contribution in [2.75, 3.05) is 12.9 Å². The number of nitrogens with zero attached hydrogens (tertiary/aromatic N) is 1. The molecule has 0 radical (unpaired) electrons. The molecule has 1 heterocycles. The van der Waals surface area contributed by atoms with E-state index in [1.807, 2.05) is 20.8 Å². The third kappa shape index (κ3) is 2.53. The van der Waals surface area contributed by atoms with E-state index < -0.39 is 0 Å². The van der Waals surface area contributed by atoms with E-state index in [9.17, 15) is 4.79 Å². The van der Waals surface area contributed by atoms with E-state index >= 15 is 0 Å². The minimum Gasteiger partial charge on any atom is -0.456 e. The number of hydrogen-bond acceptors (Lipinski definition) is 2. The van der Waals surface area contributed by atoms with Crippen LogP contribution in [-0.2, 0) is 0 Å². The Kier molecular flexibility index (Phi) is 3.45. The fourth-order valence-corrected chi connectivity index (χ4v) is 1.26. The lowest BCUT2D eigenvalue weighted by Gasteiger charge is -2.33. The maximum absolute atomic E-state index is 11.9. The van der Waals surface area contributed by atoms with Gasteiger partial charge in [0.15, 0.2) is 5.76 Å². The molecule has 0 saturated carbocycles. The number of hydrogen-bond donors (Lipinski definition) is 0. The second-order valence-electron chi connectivity index (χ2n) is 4.22. The average molecular weight is 230 g/mol. The first-order valence-electron chi connectivity index (χ1n) is 4.79. The topological polar surface area (TPSA) is 33.5 Å². The van der Waals surface area contributed by atoms with E-state index in [-0.39, 0.29) is 11.4 Å². The van der Waals surface area contributed by atoms with Crippen LogP contribution >= 0.6 is 11.6 Å². The lowest BCUT2D eigenvalue weighted by molar-refractivity contribution is 0.0626. The highest BCUT2D eigenvalue weighted by Gasteiger charge is 2.28. The fraction of sp³-hybridized carbons (Fsp3) is 0.545. The van der Waals surface area contributed by atoms with Crippen molar-refractivity contribution in [2.45, 2.75) is 26.3 Å².